The molecular weight excluding hydrogens is 387 g/mol. The van der Waals surface area contributed by atoms with E-state index in [0.717, 1.165) is 13.1 Å². The Kier molecular flexibility index (Phi) is 5.55. The molecule has 2 aliphatic heterocycles. The molecule has 0 atom stereocenters. The summed E-state index contributed by atoms with van der Waals surface area (Å²) in [7, 11) is 0. The quantitative estimate of drug-likeness (QED) is 0.768. The topological polar surface area (TPSA) is 61.8 Å². The van der Waals surface area contributed by atoms with Gasteiger partial charge in [-0.15, -0.1) is 0 Å². The van der Waals surface area contributed by atoms with Crippen molar-refractivity contribution in [3.63, 3.8) is 0 Å². The maximum absolute atomic E-state index is 13.2. The van der Waals surface area contributed by atoms with Crippen molar-refractivity contribution in [1.29, 1.82) is 0 Å². The third kappa shape index (κ3) is 4.43. The van der Waals surface area contributed by atoms with Crippen molar-refractivity contribution in [3.8, 4) is 0 Å². The third-order valence-corrected chi connectivity index (χ3v) is 5.23. The number of ether oxygens (including phenoxy) is 1. The van der Waals surface area contributed by atoms with Gasteiger partial charge in [-0.2, -0.15) is 13.2 Å². The number of hydrogen-bond acceptors (Lipinski definition) is 6. The van der Waals surface area contributed by atoms with Crippen molar-refractivity contribution in [2.45, 2.75) is 6.18 Å². The van der Waals surface area contributed by atoms with E-state index in [1.165, 1.54) is 0 Å². The zero-order valence-electron chi connectivity index (χ0n) is 15.9. The van der Waals surface area contributed by atoms with Gasteiger partial charge in [0.05, 0.1) is 25.3 Å². The van der Waals surface area contributed by atoms with E-state index in [1.807, 2.05) is 0 Å². The van der Waals surface area contributed by atoms with Crippen molar-refractivity contribution < 1.29 is 22.7 Å². The smallest absolute Gasteiger partial charge is 0.379 e. The van der Waals surface area contributed by atoms with Gasteiger partial charge in [-0.3, -0.25) is 9.69 Å². The van der Waals surface area contributed by atoms with E-state index in [0.29, 0.717) is 51.3 Å². The van der Waals surface area contributed by atoms with Crippen molar-refractivity contribution in [2.24, 2.45) is 0 Å². The van der Waals surface area contributed by atoms with Crippen LogP contribution in [-0.4, -0.2) is 84.7 Å². The number of amides is 1. The maximum Gasteiger partial charge on any atom is 0.451 e. The van der Waals surface area contributed by atoms with Crippen LogP contribution in [0.5, 0.6) is 0 Å². The number of benzene rings is 1. The fourth-order valence-electron chi connectivity index (χ4n) is 3.65. The Balaban J connectivity index is 1.48. The number of para-hydroxylation sites is 1. The third-order valence-electron chi connectivity index (χ3n) is 5.23. The first-order valence-corrected chi connectivity index (χ1v) is 9.58. The molecule has 7 nitrogen and oxygen atoms in total. The second-order valence-corrected chi connectivity index (χ2v) is 7.14. The number of anilines is 1. The first-order valence-electron chi connectivity index (χ1n) is 9.58. The van der Waals surface area contributed by atoms with Crippen molar-refractivity contribution in [3.05, 3.63) is 30.1 Å². The Labute approximate surface area is 166 Å². The molecule has 3 heterocycles. The number of fused-ring (bicyclic) bond motifs is 1. The number of hydrogen-bond donors (Lipinski definition) is 0. The lowest BCUT2D eigenvalue weighted by atomic mass is 10.2. The van der Waals surface area contributed by atoms with Crippen LogP contribution in [0.25, 0.3) is 10.9 Å². The van der Waals surface area contributed by atoms with E-state index in [2.05, 4.69) is 14.9 Å². The van der Waals surface area contributed by atoms with Crippen molar-refractivity contribution in [2.75, 3.05) is 63.9 Å². The van der Waals surface area contributed by atoms with Crippen LogP contribution in [0, 0.1) is 0 Å². The van der Waals surface area contributed by atoms with E-state index >= 15 is 0 Å². The highest BCUT2D eigenvalue weighted by molar-refractivity contribution is 5.89. The molecule has 2 fully saturated rings. The van der Waals surface area contributed by atoms with Gasteiger partial charge in [0.15, 0.2) is 0 Å². The largest absolute Gasteiger partial charge is 0.451 e. The van der Waals surface area contributed by atoms with Gasteiger partial charge in [-0.25, -0.2) is 9.97 Å². The molecule has 2 aliphatic rings. The lowest BCUT2D eigenvalue weighted by molar-refractivity contribution is -0.144. The average Bonchev–Trinajstić information content (AvgIpc) is 2.73. The number of aromatic nitrogens is 2. The number of morpholine rings is 1. The number of carbonyl (C=O) groups excluding carboxylic acids is 1. The molecule has 29 heavy (non-hydrogen) atoms. The fourth-order valence-corrected chi connectivity index (χ4v) is 3.65. The molecule has 0 N–H and O–H groups in total. The van der Waals surface area contributed by atoms with Crippen LogP contribution in [0.2, 0.25) is 0 Å². The number of halogens is 3. The van der Waals surface area contributed by atoms with E-state index < -0.39 is 12.0 Å². The minimum absolute atomic E-state index is 0.0371. The van der Waals surface area contributed by atoms with Crippen LogP contribution >= 0.6 is 0 Å². The standard InChI is InChI=1S/C19H22F3N5O2/c20-19(21,22)18-23-15-4-2-1-3-14(15)17(24-18)27-7-5-26(6-8-27)16(28)13-25-9-11-29-12-10-25/h1-4H,5-13H2. The number of alkyl halides is 3. The Morgan fingerprint density at radius 3 is 2.38 bits per heavy atom. The van der Waals surface area contributed by atoms with Gasteiger partial charge in [0.2, 0.25) is 11.7 Å². The van der Waals surface area contributed by atoms with Crippen LogP contribution in [0.3, 0.4) is 0 Å². The van der Waals surface area contributed by atoms with Gasteiger partial charge in [0.1, 0.15) is 5.82 Å². The summed E-state index contributed by atoms with van der Waals surface area (Å²) >= 11 is 0. The summed E-state index contributed by atoms with van der Waals surface area (Å²) in [5, 5.41) is 0.577. The lowest BCUT2D eigenvalue weighted by Crippen LogP contribution is -2.52. The van der Waals surface area contributed by atoms with E-state index in [-0.39, 0.29) is 17.2 Å². The molecule has 156 valence electrons. The van der Waals surface area contributed by atoms with Gasteiger partial charge in [-0.05, 0) is 12.1 Å². The molecular formula is C19H22F3N5O2. The normalized spacial score (nSPS) is 19.0. The molecule has 4 rings (SSSR count). The predicted molar refractivity (Wildman–Crippen MR) is 101 cm³/mol. The maximum atomic E-state index is 13.2. The Morgan fingerprint density at radius 1 is 1.00 bits per heavy atom. The summed E-state index contributed by atoms with van der Waals surface area (Å²) in [6.07, 6.45) is -4.62. The van der Waals surface area contributed by atoms with Crippen LogP contribution < -0.4 is 4.90 Å². The molecule has 2 saturated heterocycles. The lowest BCUT2D eigenvalue weighted by Gasteiger charge is -2.37. The summed E-state index contributed by atoms with van der Waals surface area (Å²) in [5.74, 6) is -0.838. The molecule has 1 amide bonds. The summed E-state index contributed by atoms with van der Waals surface area (Å²) in [6, 6.07) is 6.69. The molecule has 0 aliphatic carbocycles. The molecule has 0 unspecified atom stereocenters. The fraction of sp³-hybridized carbons (Fsp3) is 0.526. The van der Waals surface area contributed by atoms with E-state index in [9.17, 15) is 18.0 Å². The molecule has 1 aromatic carbocycles. The first-order chi connectivity index (χ1) is 13.9. The average molecular weight is 409 g/mol. The molecule has 0 saturated carbocycles. The van der Waals surface area contributed by atoms with Crippen molar-refractivity contribution >= 4 is 22.6 Å². The Morgan fingerprint density at radius 2 is 1.69 bits per heavy atom. The molecule has 0 radical (unpaired) electrons. The van der Waals surface area contributed by atoms with Gasteiger partial charge in [-0.1, -0.05) is 12.1 Å². The summed E-state index contributed by atoms with van der Waals surface area (Å²) in [6.45, 7) is 4.81. The monoisotopic (exact) mass is 409 g/mol. The molecule has 0 spiro atoms. The summed E-state index contributed by atoms with van der Waals surface area (Å²) < 4.78 is 45.0. The minimum Gasteiger partial charge on any atom is -0.379 e. The molecule has 2 aromatic rings. The molecule has 10 heteroatoms. The van der Waals surface area contributed by atoms with E-state index in [1.54, 1.807) is 34.1 Å². The van der Waals surface area contributed by atoms with Crippen molar-refractivity contribution in [1.82, 2.24) is 19.8 Å². The van der Waals surface area contributed by atoms with Crippen LogP contribution in [0.15, 0.2) is 24.3 Å². The van der Waals surface area contributed by atoms with Gasteiger partial charge in [0, 0.05) is 44.7 Å². The molecule has 1 aromatic heterocycles. The summed E-state index contributed by atoms with van der Waals surface area (Å²) in [4.78, 5) is 25.7. The minimum atomic E-state index is -4.62. The highest BCUT2D eigenvalue weighted by Gasteiger charge is 2.36. The van der Waals surface area contributed by atoms with Gasteiger partial charge >= 0.3 is 6.18 Å². The second-order valence-electron chi connectivity index (χ2n) is 7.14. The first kappa shape index (κ1) is 19.8. The van der Waals surface area contributed by atoms with E-state index in [4.69, 9.17) is 4.74 Å². The summed E-state index contributed by atoms with van der Waals surface area (Å²) in [5.41, 5.74) is 0.260. The van der Waals surface area contributed by atoms with Gasteiger partial charge < -0.3 is 14.5 Å². The second kappa shape index (κ2) is 8.11. The Bertz CT molecular complexity index is 878. The number of nitrogens with zero attached hydrogens (tertiary/aromatic N) is 5. The highest BCUT2D eigenvalue weighted by Crippen LogP contribution is 2.32. The zero-order chi connectivity index (χ0) is 20.4. The predicted octanol–water partition coefficient (Wildman–Crippen LogP) is 1.63. The van der Waals surface area contributed by atoms with Crippen LogP contribution in [0.4, 0.5) is 19.0 Å². The van der Waals surface area contributed by atoms with Gasteiger partial charge in [0.25, 0.3) is 0 Å². The number of carbonyl (C=O) groups is 1. The molecule has 0 bridgehead atoms. The number of piperazine rings is 1. The Hall–Kier alpha value is -2.46. The van der Waals surface area contributed by atoms with Crippen LogP contribution in [-0.2, 0) is 15.7 Å². The SMILES string of the molecule is O=C(CN1CCOCC1)N1CCN(c2nc(C(F)(F)F)nc3ccccc23)CC1. The number of rotatable bonds is 3. The highest BCUT2D eigenvalue weighted by atomic mass is 19.4. The van der Waals surface area contributed by atoms with Crippen LogP contribution in [0.1, 0.15) is 5.82 Å². The zero-order valence-corrected chi connectivity index (χ0v) is 15.9.